The van der Waals surface area contributed by atoms with Crippen LogP contribution in [-0.2, 0) is 4.79 Å². The molecule has 1 heterocycles. The summed E-state index contributed by atoms with van der Waals surface area (Å²) in [4.78, 5) is 20.9. The summed E-state index contributed by atoms with van der Waals surface area (Å²) in [6.45, 7) is 0. The molecule has 7 heteroatoms. The molecule has 1 rings (SSSR count). The minimum absolute atomic E-state index is 0.231. The largest absolute Gasteiger partial charge is 0.363 e. The molecule has 0 radical (unpaired) electrons. The molecule has 1 aromatic heterocycles. The number of amides is 1. The summed E-state index contributed by atoms with van der Waals surface area (Å²) in [5.41, 5.74) is 2.06. The van der Waals surface area contributed by atoms with Crippen molar-refractivity contribution in [3.63, 3.8) is 0 Å². The maximum absolute atomic E-state index is 10.9. The van der Waals surface area contributed by atoms with E-state index in [0.717, 1.165) is 10.8 Å². The Balaban J connectivity index is 2.61. The number of rotatable bonds is 4. The highest BCUT2D eigenvalue weighted by atomic mass is 32.2. The highest BCUT2D eigenvalue weighted by Gasteiger charge is 2.04. The molecule has 0 aliphatic rings. The molecule has 0 saturated carbocycles. The Morgan fingerprint density at radius 3 is 2.93 bits per heavy atom. The van der Waals surface area contributed by atoms with E-state index in [9.17, 15) is 4.79 Å². The third kappa shape index (κ3) is 3.72. The van der Waals surface area contributed by atoms with Gasteiger partial charge in [-0.05, 0) is 0 Å². The van der Waals surface area contributed by atoms with E-state index in [4.69, 9.17) is 5.84 Å². The van der Waals surface area contributed by atoms with E-state index in [1.54, 1.807) is 0 Å². The van der Waals surface area contributed by atoms with Crippen LogP contribution in [0.25, 0.3) is 0 Å². The van der Waals surface area contributed by atoms with Gasteiger partial charge in [0.1, 0.15) is 17.2 Å². The highest BCUT2D eigenvalue weighted by Crippen LogP contribution is 2.17. The molecule has 6 nitrogen and oxygen atoms in total. The summed E-state index contributed by atoms with van der Waals surface area (Å²) in [7, 11) is 3.78. The van der Waals surface area contributed by atoms with Crippen molar-refractivity contribution in [2.24, 2.45) is 5.84 Å². The molecule has 1 amide bonds. The van der Waals surface area contributed by atoms with Crippen LogP contribution in [0.1, 0.15) is 0 Å². The minimum atomic E-state index is -0.231. The van der Waals surface area contributed by atoms with Gasteiger partial charge in [0.15, 0.2) is 0 Å². The molecule has 3 N–H and O–H groups in total. The van der Waals surface area contributed by atoms with E-state index < -0.39 is 0 Å². The topological polar surface area (TPSA) is 84.1 Å². The average Bonchev–Trinajstić information content (AvgIpc) is 2.26. The predicted octanol–water partition coefficient (Wildman–Crippen LogP) is -0.375. The number of hydrazine groups is 1. The molecular weight excluding hydrogens is 214 g/mol. The second-order valence-electron chi connectivity index (χ2n) is 2.97. The second-order valence-corrected chi connectivity index (χ2v) is 3.96. The molecule has 0 aromatic carbocycles. The SMILES string of the molecule is CN(C)c1cc(SCC(=O)NN)ncn1. The molecule has 0 aliphatic heterocycles. The molecule has 15 heavy (non-hydrogen) atoms. The van der Waals surface area contributed by atoms with Crippen molar-refractivity contribution in [3.8, 4) is 0 Å². The third-order valence-corrected chi connectivity index (χ3v) is 2.52. The average molecular weight is 227 g/mol. The van der Waals surface area contributed by atoms with E-state index in [1.807, 2.05) is 25.1 Å². The van der Waals surface area contributed by atoms with Gasteiger partial charge < -0.3 is 4.90 Å². The first-order chi connectivity index (χ1) is 7.13. The lowest BCUT2D eigenvalue weighted by molar-refractivity contribution is -0.118. The zero-order valence-corrected chi connectivity index (χ0v) is 9.41. The zero-order chi connectivity index (χ0) is 11.3. The number of thioether (sulfide) groups is 1. The molecule has 0 saturated heterocycles. The summed E-state index contributed by atoms with van der Waals surface area (Å²) in [5.74, 6) is 5.79. The van der Waals surface area contributed by atoms with Gasteiger partial charge in [0.25, 0.3) is 0 Å². The van der Waals surface area contributed by atoms with Crippen molar-refractivity contribution >= 4 is 23.5 Å². The maximum atomic E-state index is 10.9. The van der Waals surface area contributed by atoms with Crippen LogP contribution >= 0.6 is 11.8 Å². The number of hydrogen-bond donors (Lipinski definition) is 2. The van der Waals surface area contributed by atoms with Crippen LogP contribution in [0.4, 0.5) is 5.82 Å². The van der Waals surface area contributed by atoms with Crippen molar-refractivity contribution in [1.82, 2.24) is 15.4 Å². The normalized spacial score (nSPS) is 9.80. The zero-order valence-electron chi connectivity index (χ0n) is 8.60. The Morgan fingerprint density at radius 1 is 1.60 bits per heavy atom. The summed E-state index contributed by atoms with van der Waals surface area (Å²) in [6.07, 6.45) is 1.47. The van der Waals surface area contributed by atoms with Gasteiger partial charge in [0.05, 0.1) is 5.75 Å². The minimum Gasteiger partial charge on any atom is -0.363 e. The van der Waals surface area contributed by atoms with Gasteiger partial charge in [0, 0.05) is 20.2 Å². The Morgan fingerprint density at radius 2 is 2.33 bits per heavy atom. The maximum Gasteiger partial charge on any atom is 0.244 e. The fourth-order valence-electron chi connectivity index (χ4n) is 0.835. The monoisotopic (exact) mass is 227 g/mol. The highest BCUT2D eigenvalue weighted by molar-refractivity contribution is 7.99. The quantitative estimate of drug-likeness (QED) is 0.240. The molecule has 0 atom stereocenters. The van der Waals surface area contributed by atoms with E-state index >= 15 is 0 Å². The first-order valence-corrected chi connectivity index (χ1v) is 5.23. The van der Waals surface area contributed by atoms with Crippen LogP contribution in [0.15, 0.2) is 17.4 Å². The van der Waals surface area contributed by atoms with Gasteiger partial charge in [-0.15, -0.1) is 0 Å². The van der Waals surface area contributed by atoms with Gasteiger partial charge >= 0.3 is 0 Å². The standard InChI is InChI=1S/C8H13N5OS/c1-13(2)6-3-8(11-5-10-6)15-4-7(14)12-9/h3,5H,4,9H2,1-2H3,(H,12,14). The first kappa shape index (κ1) is 11.7. The molecule has 82 valence electrons. The molecule has 0 spiro atoms. The van der Waals surface area contributed by atoms with Crippen LogP contribution < -0.4 is 16.2 Å². The lowest BCUT2D eigenvalue weighted by Gasteiger charge is -2.10. The summed E-state index contributed by atoms with van der Waals surface area (Å²) < 4.78 is 0. The number of nitrogens with one attached hydrogen (secondary N) is 1. The van der Waals surface area contributed by atoms with E-state index in [1.165, 1.54) is 18.1 Å². The molecular formula is C8H13N5OS. The van der Waals surface area contributed by atoms with Crippen molar-refractivity contribution in [2.45, 2.75) is 5.03 Å². The number of nitrogens with zero attached hydrogens (tertiary/aromatic N) is 3. The summed E-state index contributed by atoms with van der Waals surface area (Å²) in [5, 5.41) is 0.748. The van der Waals surface area contributed by atoms with Crippen LogP contribution in [0, 0.1) is 0 Å². The number of carbonyl (C=O) groups is 1. The molecule has 1 aromatic rings. The van der Waals surface area contributed by atoms with E-state index in [0.29, 0.717) is 0 Å². The molecule has 0 unspecified atom stereocenters. The Kier molecular flexibility index (Phi) is 4.32. The fraction of sp³-hybridized carbons (Fsp3) is 0.375. The van der Waals surface area contributed by atoms with Crippen LogP contribution in [-0.4, -0.2) is 35.7 Å². The molecule has 0 fully saturated rings. The van der Waals surface area contributed by atoms with Gasteiger partial charge in [-0.25, -0.2) is 15.8 Å². The second kappa shape index (κ2) is 5.52. The Bertz CT molecular complexity index is 344. The fourth-order valence-corrected chi connectivity index (χ4v) is 1.51. The smallest absolute Gasteiger partial charge is 0.244 e. The van der Waals surface area contributed by atoms with Crippen molar-refractivity contribution in [1.29, 1.82) is 0 Å². The molecule has 0 aliphatic carbocycles. The van der Waals surface area contributed by atoms with Crippen molar-refractivity contribution in [2.75, 3.05) is 24.7 Å². The van der Waals surface area contributed by atoms with Gasteiger partial charge in [-0.3, -0.25) is 10.2 Å². The summed E-state index contributed by atoms with van der Waals surface area (Å²) in [6, 6.07) is 1.81. The van der Waals surface area contributed by atoms with Gasteiger partial charge in [-0.2, -0.15) is 0 Å². The van der Waals surface area contributed by atoms with E-state index in [2.05, 4.69) is 15.4 Å². The summed E-state index contributed by atoms with van der Waals surface area (Å²) >= 11 is 1.31. The predicted molar refractivity (Wildman–Crippen MR) is 59.4 cm³/mol. The number of nitrogens with two attached hydrogens (primary N) is 1. The number of anilines is 1. The first-order valence-electron chi connectivity index (χ1n) is 4.25. The Hall–Kier alpha value is -1.34. The van der Waals surface area contributed by atoms with Gasteiger partial charge in [0.2, 0.25) is 5.91 Å². The number of aromatic nitrogens is 2. The van der Waals surface area contributed by atoms with Crippen LogP contribution in [0.2, 0.25) is 0 Å². The lowest BCUT2D eigenvalue weighted by atomic mass is 10.5. The number of hydrogen-bond acceptors (Lipinski definition) is 6. The van der Waals surface area contributed by atoms with Gasteiger partial charge in [-0.1, -0.05) is 11.8 Å². The van der Waals surface area contributed by atoms with Crippen LogP contribution in [0.3, 0.4) is 0 Å². The van der Waals surface area contributed by atoms with Crippen molar-refractivity contribution in [3.05, 3.63) is 12.4 Å². The lowest BCUT2D eigenvalue weighted by Crippen LogP contribution is -2.31. The Labute approximate surface area is 92.2 Å². The number of carbonyl (C=O) groups excluding carboxylic acids is 1. The molecule has 0 bridgehead atoms. The van der Waals surface area contributed by atoms with Crippen molar-refractivity contribution < 1.29 is 4.79 Å². The van der Waals surface area contributed by atoms with Crippen LogP contribution in [0.5, 0.6) is 0 Å². The third-order valence-electron chi connectivity index (χ3n) is 1.60. The van der Waals surface area contributed by atoms with E-state index in [-0.39, 0.29) is 11.7 Å².